The number of fused-ring (bicyclic) bond motifs is 2. The van der Waals surface area contributed by atoms with Crippen LogP contribution in [0.25, 0.3) is 10.8 Å². The summed E-state index contributed by atoms with van der Waals surface area (Å²) < 4.78 is 20.9. The summed E-state index contributed by atoms with van der Waals surface area (Å²) in [6.07, 6.45) is 0. The number of nitrogens with zero attached hydrogens (tertiary/aromatic N) is 2. The smallest absolute Gasteiger partial charge is 0.340 e. The van der Waals surface area contributed by atoms with Gasteiger partial charge in [0.25, 0.3) is 17.5 Å². The molecule has 1 aliphatic rings. The maximum absolute atomic E-state index is 15.3. The van der Waals surface area contributed by atoms with Gasteiger partial charge in [0.1, 0.15) is 0 Å². The first kappa shape index (κ1) is 20.4. The number of rotatable bonds is 4. The number of hydrogen-bond acceptors (Lipinski definition) is 5. The van der Waals surface area contributed by atoms with Gasteiger partial charge >= 0.3 is 5.97 Å². The molecule has 1 atom stereocenters. The van der Waals surface area contributed by atoms with Crippen LogP contribution in [0.4, 0.5) is 15.8 Å². The summed E-state index contributed by atoms with van der Waals surface area (Å²) in [5.41, 5.74) is -1.60. The molecule has 5 rings (SSSR count). The van der Waals surface area contributed by atoms with Crippen LogP contribution >= 0.6 is 0 Å². The molecule has 1 unspecified atom stereocenters. The second-order valence-corrected chi connectivity index (χ2v) is 7.48. The van der Waals surface area contributed by atoms with Crippen molar-refractivity contribution >= 4 is 40.0 Å². The molecular weight excluding hydrogens is 423 g/mol. The quantitative estimate of drug-likeness (QED) is 0.201. The Bertz CT molecular complexity index is 1420. The number of oxime groups is 1. The highest BCUT2D eigenvalue weighted by Crippen LogP contribution is 2.48. The molecule has 0 radical (unpaired) electrons. The van der Waals surface area contributed by atoms with Gasteiger partial charge in [0.05, 0.1) is 11.3 Å². The number of ether oxygens (including phenoxy) is 1. The number of halogens is 1. The molecule has 0 bridgehead atoms. The van der Waals surface area contributed by atoms with Gasteiger partial charge in [0.2, 0.25) is 0 Å². The average molecular weight is 440 g/mol. The van der Waals surface area contributed by atoms with Crippen LogP contribution < -0.4 is 4.90 Å². The van der Waals surface area contributed by atoms with E-state index in [-0.39, 0.29) is 11.1 Å². The first-order chi connectivity index (χ1) is 16.1. The first-order valence-electron chi connectivity index (χ1n) is 10.2. The molecule has 162 valence electrons. The van der Waals surface area contributed by atoms with Crippen LogP contribution in [0, 0.1) is 0 Å². The van der Waals surface area contributed by atoms with Crippen LogP contribution in [0.2, 0.25) is 0 Å². The molecule has 1 N–H and O–H groups in total. The fourth-order valence-corrected chi connectivity index (χ4v) is 4.19. The molecule has 0 aromatic heterocycles. The van der Waals surface area contributed by atoms with Gasteiger partial charge in [-0.25, -0.2) is 4.79 Å². The monoisotopic (exact) mass is 440 g/mol. The Hall–Kier alpha value is -4.52. The molecule has 0 fully saturated rings. The Morgan fingerprint density at radius 2 is 1.55 bits per heavy atom. The maximum Gasteiger partial charge on any atom is 0.340 e. The van der Waals surface area contributed by atoms with Gasteiger partial charge in [0, 0.05) is 11.3 Å². The number of para-hydroxylation sites is 2. The number of esters is 1. The van der Waals surface area contributed by atoms with E-state index < -0.39 is 23.4 Å². The standard InChI is InChI=1S/C26H17FN2O4/c27-24(28-32)26(33-23(30)20-14-8-10-17-9-4-5-13-19(17)20)21-15-6-7-16-22(21)29(25(26)31)18-11-2-1-3-12-18/h1-16,32H/b28-24-. The Morgan fingerprint density at radius 1 is 0.879 bits per heavy atom. The predicted octanol–water partition coefficient (Wildman–Crippen LogP) is 5.33. The number of carbonyl (C=O) groups excluding carboxylic acids is 2. The lowest BCUT2D eigenvalue weighted by atomic mass is 9.95. The molecule has 7 heteroatoms. The van der Waals surface area contributed by atoms with Crippen molar-refractivity contribution in [3.63, 3.8) is 0 Å². The minimum absolute atomic E-state index is 0.0581. The van der Waals surface area contributed by atoms with Crippen molar-refractivity contribution in [3.05, 3.63) is 108 Å². The lowest BCUT2D eigenvalue weighted by molar-refractivity contribution is -0.130. The van der Waals surface area contributed by atoms with Crippen molar-refractivity contribution in [3.8, 4) is 0 Å². The summed E-state index contributed by atoms with van der Waals surface area (Å²) in [7, 11) is 0. The molecule has 1 amide bonds. The van der Waals surface area contributed by atoms with Crippen LogP contribution in [0.3, 0.4) is 0 Å². The number of amides is 1. The second kappa shape index (κ2) is 7.87. The highest BCUT2D eigenvalue weighted by Gasteiger charge is 2.60. The third kappa shape index (κ3) is 3.05. The zero-order chi connectivity index (χ0) is 23.0. The largest absolute Gasteiger partial charge is 0.431 e. The fourth-order valence-electron chi connectivity index (χ4n) is 4.19. The number of benzene rings is 4. The van der Waals surface area contributed by atoms with E-state index in [1.807, 2.05) is 18.2 Å². The molecule has 4 aromatic rings. The summed E-state index contributed by atoms with van der Waals surface area (Å²) in [6.45, 7) is 0. The summed E-state index contributed by atoms with van der Waals surface area (Å²) in [4.78, 5) is 28.3. The van der Waals surface area contributed by atoms with Crippen molar-refractivity contribution in [2.24, 2.45) is 5.16 Å². The van der Waals surface area contributed by atoms with Gasteiger partial charge in [0.15, 0.2) is 0 Å². The Morgan fingerprint density at radius 3 is 2.33 bits per heavy atom. The summed E-state index contributed by atoms with van der Waals surface area (Å²) in [5.74, 6) is -3.37. The van der Waals surface area contributed by atoms with E-state index in [1.54, 1.807) is 66.7 Å². The fraction of sp³-hybridized carbons (Fsp3) is 0.0385. The predicted molar refractivity (Wildman–Crippen MR) is 121 cm³/mol. The molecule has 1 heterocycles. The molecular formula is C26H17FN2O4. The Balaban J connectivity index is 1.68. The average Bonchev–Trinajstić information content (AvgIpc) is 3.12. The molecule has 0 aliphatic carbocycles. The molecule has 4 aromatic carbocycles. The van der Waals surface area contributed by atoms with E-state index in [2.05, 4.69) is 5.16 Å². The van der Waals surface area contributed by atoms with Gasteiger partial charge in [-0.05, 0) is 35.0 Å². The topological polar surface area (TPSA) is 79.2 Å². The van der Waals surface area contributed by atoms with E-state index >= 15 is 4.39 Å². The van der Waals surface area contributed by atoms with Gasteiger partial charge in [-0.2, -0.15) is 4.39 Å². The van der Waals surface area contributed by atoms with Crippen LogP contribution in [0.5, 0.6) is 0 Å². The molecule has 33 heavy (non-hydrogen) atoms. The van der Waals surface area contributed by atoms with E-state index in [9.17, 15) is 14.8 Å². The van der Waals surface area contributed by atoms with Crippen LogP contribution in [-0.2, 0) is 15.1 Å². The summed E-state index contributed by atoms with van der Waals surface area (Å²) >= 11 is 0. The molecule has 0 spiro atoms. The lowest BCUT2D eigenvalue weighted by Gasteiger charge is -2.26. The Labute approximate surface area is 188 Å². The van der Waals surface area contributed by atoms with Gasteiger partial charge in [-0.1, -0.05) is 78.0 Å². The van der Waals surface area contributed by atoms with Crippen LogP contribution in [0.15, 0.2) is 102 Å². The van der Waals surface area contributed by atoms with Crippen molar-refractivity contribution in [2.45, 2.75) is 5.60 Å². The van der Waals surface area contributed by atoms with Gasteiger partial charge in [-0.15, -0.1) is 0 Å². The van der Waals surface area contributed by atoms with E-state index in [0.29, 0.717) is 16.8 Å². The highest BCUT2D eigenvalue weighted by atomic mass is 19.1. The van der Waals surface area contributed by atoms with Gasteiger partial charge < -0.3 is 9.94 Å². The van der Waals surface area contributed by atoms with Crippen LogP contribution in [0.1, 0.15) is 15.9 Å². The second-order valence-electron chi connectivity index (χ2n) is 7.48. The van der Waals surface area contributed by atoms with Crippen molar-refractivity contribution in [2.75, 3.05) is 4.90 Å². The number of carbonyl (C=O) groups is 2. The normalized spacial score (nSPS) is 17.8. The minimum atomic E-state index is -2.57. The SMILES string of the molecule is O=C(OC1(/C(F)=N/O)C(=O)N(c2ccccc2)c2ccccc21)c1cccc2ccccc12. The summed E-state index contributed by atoms with van der Waals surface area (Å²) in [5, 5.41) is 13.4. The van der Waals surface area contributed by atoms with E-state index in [0.717, 1.165) is 5.39 Å². The van der Waals surface area contributed by atoms with E-state index in [4.69, 9.17) is 4.74 Å². The zero-order valence-electron chi connectivity index (χ0n) is 17.2. The molecule has 6 nitrogen and oxygen atoms in total. The molecule has 0 saturated heterocycles. The Kier molecular flexibility index (Phi) is 4.86. The molecule has 1 aliphatic heterocycles. The molecule has 0 saturated carbocycles. The van der Waals surface area contributed by atoms with Crippen molar-refractivity contribution < 1.29 is 23.9 Å². The third-order valence-corrected chi connectivity index (χ3v) is 5.68. The lowest BCUT2D eigenvalue weighted by Crippen LogP contribution is -2.47. The maximum atomic E-state index is 15.3. The van der Waals surface area contributed by atoms with Crippen molar-refractivity contribution in [1.82, 2.24) is 0 Å². The zero-order valence-corrected chi connectivity index (χ0v) is 17.2. The number of anilines is 2. The van der Waals surface area contributed by atoms with Crippen LogP contribution in [-0.4, -0.2) is 23.0 Å². The van der Waals surface area contributed by atoms with Crippen molar-refractivity contribution in [1.29, 1.82) is 0 Å². The third-order valence-electron chi connectivity index (χ3n) is 5.68. The summed E-state index contributed by atoms with van der Waals surface area (Å²) in [6, 6.07) is 27.1. The van der Waals surface area contributed by atoms with E-state index in [1.165, 1.54) is 17.0 Å². The first-order valence-corrected chi connectivity index (χ1v) is 10.2. The van der Waals surface area contributed by atoms with Gasteiger partial charge in [-0.3, -0.25) is 9.69 Å². The minimum Gasteiger partial charge on any atom is -0.431 e. The highest BCUT2D eigenvalue weighted by molar-refractivity contribution is 6.24. The number of hydrogen-bond donors (Lipinski definition) is 1.